The Morgan fingerprint density at radius 3 is 1.82 bits per heavy atom. The maximum atomic E-state index is 13.9. The van der Waals surface area contributed by atoms with Gasteiger partial charge in [0.25, 0.3) is 17.7 Å². The standard InChI is InChI=1S/C32H41N3O5/c1-21-10-12-23(13-11-21)30(39)34-18-19-35(31(40)24-14-16-25(17-15-24)32(2,3)4)29(34)28(38)33-26(20-27(36)37)22-8-6-5-7-9-22/h10-17,22,26,29H,5-9,18-20H2,1-4H3,(H,33,38)(H,36,37). The summed E-state index contributed by atoms with van der Waals surface area (Å²) in [5.74, 6) is -2.14. The molecule has 2 unspecified atom stereocenters. The Labute approximate surface area is 236 Å². The summed E-state index contributed by atoms with van der Waals surface area (Å²) in [6.45, 7) is 8.61. The number of benzene rings is 2. The van der Waals surface area contributed by atoms with E-state index in [-0.39, 0.29) is 42.7 Å². The number of nitrogens with one attached hydrogen (secondary N) is 1. The highest BCUT2D eigenvalue weighted by molar-refractivity contribution is 6.02. The van der Waals surface area contributed by atoms with Gasteiger partial charge in [0.15, 0.2) is 6.17 Å². The number of carboxylic acid groups (broad SMARTS) is 1. The van der Waals surface area contributed by atoms with E-state index in [2.05, 4.69) is 26.1 Å². The molecule has 2 aliphatic rings. The van der Waals surface area contributed by atoms with E-state index in [1.165, 1.54) is 9.80 Å². The first kappa shape index (κ1) is 29.3. The van der Waals surface area contributed by atoms with Gasteiger partial charge >= 0.3 is 5.97 Å². The van der Waals surface area contributed by atoms with Gasteiger partial charge in [0.05, 0.1) is 6.42 Å². The van der Waals surface area contributed by atoms with Crippen LogP contribution in [0.25, 0.3) is 0 Å². The quantitative estimate of drug-likeness (QED) is 0.520. The Kier molecular flexibility index (Phi) is 8.96. The summed E-state index contributed by atoms with van der Waals surface area (Å²) in [4.78, 5) is 55.9. The summed E-state index contributed by atoms with van der Waals surface area (Å²) >= 11 is 0. The van der Waals surface area contributed by atoms with E-state index in [1.54, 1.807) is 24.3 Å². The molecule has 1 aliphatic carbocycles. The lowest BCUT2D eigenvalue weighted by atomic mass is 9.82. The first-order valence-corrected chi connectivity index (χ1v) is 14.3. The van der Waals surface area contributed by atoms with E-state index in [4.69, 9.17) is 0 Å². The van der Waals surface area contributed by atoms with Gasteiger partial charge in [-0.1, -0.05) is 69.9 Å². The third-order valence-corrected chi connectivity index (χ3v) is 8.17. The number of aryl methyl sites for hydroxylation is 1. The van der Waals surface area contributed by atoms with Crippen LogP contribution in [0.3, 0.4) is 0 Å². The molecule has 3 amide bonds. The van der Waals surface area contributed by atoms with Crippen molar-refractivity contribution in [3.05, 3.63) is 70.8 Å². The highest BCUT2D eigenvalue weighted by Gasteiger charge is 2.44. The van der Waals surface area contributed by atoms with Crippen molar-refractivity contribution in [2.75, 3.05) is 13.1 Å². The van der Waals surface area contributed by atoms with Crippen LogP contribution in [0.15, 0.2) is 48.5 Å². The van der Waals surface area contributed by atoms with Crippen LogP contribution in [0.5, 0.6) is 0 Å². The number of hydrogen-bond donors (Lipinski definition) is 2. The molecule has 2 aromatic carbocycles. The fourth-order valence-corrected chi connectivity index (χ4v) is 5.79. The largest absolute Gasteiger partial charge is 0.481 e. The molecule has 2 fully saturated rings. The molecule has 40 heavy (non-hydrogen) atoms. The monoisotopic (exact) mass is 547 g/mol. The normalized spacial score (nSPS) is 18.9. The molecule has 0 radical (unpaired) electrons. The molecule has 2 aromatic rings. The molecule has 1 heterocycles. The van der Waals surface area contributed by atoms with Crippen LogP contribution in [-0.4, -0.2) is 63.9 Å². The molecule has 2 N–H and O–H groups in total. The smallest absolute Gasteiger partial charge is 0.305 e. The number of carboxylic acids is 1. The Hall–Kier alpha value is -3.68. The van der Waals surface area contributed by atoms with E-state index >= 15 is 0 Å². The van der Waals surface area contributed by atoms with Gasteiger partial charge in [-0.3, -0.25) is 19.2 Å². The Balaban J connectivity index is 1.64. The molecule has 8 nitrogen and oxygen atoms in total. The molecule has 0 aromatic heterocycles. The summed E-state index contributed by atoms with van der Waals surface area (Å²) < 4.78 is 0. The van der Waals surface area contributed by atoms with Crippen LogP contribution in [0.4, 0.5) is 0 Å². The fourth-order valence-electron chi connectivity index (χ4n) is 5.79. The average Bonchev–Trinajstić information content (AvgIpc) is 3.37. The number of carbonyl (C=O) groups excluding carboxylic acids is 3. The van der Waals surface area contributed by atoms with Crippen molar-refractivity contribution in [3.63, 3.8) is 0 Å². The van der Waals surface area contributed by atoms with Crippen molar-refractivity contribution < 1.29 is 24.3 Å². The Morgan fingerprint density at radius 1 is 0.850 bits per heavy atom. The molecule has 0 spiro atoms. The number of rotatable bonds is 7. The molecule has 1 saturated heterocycles. The van der Waals surface area contributed by atoms with Crippen LogP contribution in [0, 0.1) is 12.8 Å². The number of carbonyl (C=O) groups is 4. The minimum Gasteiger partial charge on any atom is -0.481 e. The van der Waals surface area contributed by atoms with Gasteiger partial charge in [0.1, 0.15) is 0 Å². The van der Waals surface area contributed by atoms with E-state index in [9.17, 15) is 24.3 Å². The SMILES string of the molecule is Cc1ccc(C(=O)N2CCN(C(=O)c3ccc(C(C)(C)C)cc3)C2C(=O)NC(CC(=O)O)C2CCCCC2)cc1. The van der Waals surface area contributed by atoms with Crippen molar-refractivity contribution in [1.82, 2.24) is 15.1 Å². The minimum atomic E-state index is -1.18. The Morgan fingerprint density at radius 2 is 1.35 bits per heavy atom. The van der Waals surface area contributed by atoms with Gasteiger partial charge in [0, 0.05) is 30.3 Å². The van der Waals surface area contributed by atoms with E-state index < -0.39 is 24.1 Å². The summed E-state index contributed by atoms with van der Waals surface area (Å²) in [5.41, 5.74) is 2.88. The third kappa shape index (κ3) is 6.72. The lowest BCUT2D eigenvalue weighted by Gasteiger charge is -2.34. The zero-order valence-electron chi connectivity index (χ0n) is 24.0. The third-order valence-electron chi connectivity index (χ3n) is 8.17. The second-order valence-electron chi connectivity index (χ2n) is 12.2. The van der Waals surface area contributed by atoms with Gasteiger partial charge in [-0.2, -0.15) is 0 Å². The lowest BCUT2D eigenvalue weighted by molar-refractivity contribution is -0.138. The summed E-state index contributed by atoms with van der Waals surface area (Å²) in [6, 6.07) is 13.9. The molecule has 0 bridgehead atoms. The van der Waals surface area contributed by atoms with E-state index in [1.807, 2.05) is 31.2 Å². The predicted octanol–water partition coefficient (Wildman–Crippen LogP) is 4.76. The second kappa shape index (κ2) is 12.2. The van der Waals surface area contributed by atoms with Gasteiger partial charge in [-0.05, 0) is 60.9 Å². The topological polar surface area (TPSA) is 107 Å². The van der Waals surface area contributed by atoms with Crippen LogP contribution in [0.2, 0.25) is 0 Å². The maximum Gasteiger partial charge on any atom is 0.305 e. The van der Waals surface area contributed by atoms with Crippen LogP contribution in [0.1, 0.15) is 91.1 Å². The highest BCUT2D eigenvalue weighted by atomic mass is 16.4. The lowest BCUT2D eigenvalue weighted by Crippen LogP contribution is -2.57. The van der Waals surface area contributed by atoms with Crippen LogP contribution < -0.4 is 5.32 Å². The van der Waals surface area contributed by atoms with Crippen molar-refractivity contribution in [1.29, 1.82) is 0 Å². The molecular weight excluding hydrogens is 506 g/mol. The molecular formula is C32H41N3O5. The Bertz CT molecular complexity index is 1230. The number of aliphatic carboxylic acids is 1. The molecule has 2 atom stereocenters. The zero-order valence-corrected chi connectivity index (χ0v) is 24.0. The van der Waals surface area contributed by atoms with Gasteiger partial charge in [-0.15, -0.1) is 0 Å². The molecule has 1 saturated carbocycles. The first-order chi connectivity index (χ1) is 19.0. The molecule has 1 aliphatic heterocycles. The van der Waals surface area contributed by atoms with Gasteiger partial charge in [-0.25, -0.2) is 0 Å². The number of amides is 3. The van der Waals surface area contributed by atoms with Gasteiger partial charge in [0.2, 0.25) is 0 Å². The van der Waals surface area contributed by atoms with E-state index in [0.29, 0.717) is 11.1 Å². The number of hydrogen-bond acceptors (Lipinski definition) is 4. The molecule has 8 heteroatoms. The maximum absolute atomic E-state index is 13.9. The number of nitrogens with zero attached hydrogens (tertiary/aromatic N) is 2. The average molecular weight is 548 g/mol. The van der Waals surface area contributed by atoms with Crippen molar-refractivity contribution in [2.45, 2.75) is 83.8 Å². The minimum absolute atomic E-state index is 0.0468. The van der Waals surface area contributed by atoms with Crippen molar-refractivity contribution >= 4 is 23.7 Å². The summed E-state index contributed by atoms with van der Waals surface area (Å²) in [5, 5.41) is 12.6. The van der Waals surface area contributed by atoms with Crippen molar-refractivity contribution in [3.8, 4) is 0 Å². The van der Waals surface area contributed by atoms with Crippen LogP contribution in [-0.2, 0) is 15.0 Å². The summed E-state index contributed by atoms with van der Waals surface area (Å²) in [6.07, 6.45) is 3.40. The second-order valence-corrected chi connectivity index (χ2v) is 12.2. The van der Waals surface area contributed by atoms with Gasteiger partial charge < -0.3 is 20.2 Å². The summed E-state index contributed by atoms with van der Waals surface area (Å²) in [7, 11) is 0. The molecule has 214 valence electrons. The zero-order chi connectivity index (χ0) is 29.0. The fraction of sp³-hybridized carbons (Fsp3) is 0.500. The molecule has 4 rings (SSSR count). The van der Waals surface area contributed by atoms with Crippen LogP contribution >= 0.6 is 0 Å². The predicted molar refractivity (Wildman–Crippen MR) is 153 cm³/mol. The first-order valence-electron chi connectivity index (χ1n) is 14.3. The van der Waals surface area contributed by atoms with Crippen molar-refractivity contribution in [2.24, 2.45) is 5.92 Å². The van der Waals surface area contributed by atoms with E-state index in [0.717, 1.165) is 43.2 Å². The highest BCUT2D eigenvalue weighted by Crippen LogP contribution is 2.29.